The van der Waals surface area contributed by atoms with E-state index in [4.69, 9.17) is 23.2 Å². The van der Waals surface area contributed by atoms with Crippen molar-refractivity contribution in [3.63, 3.8) is 0 Å². The van der Waals surface area contributed by atoms with Crippen LogP contribution in [0.1, 0.15) is 16.1 Å². The highest BCUT2D eigenvalue weighted by molar-refractivity contribution is 7.90. The number of H-pyrrole nitrogens is 1. The van der Waals surface area contributed by atoms with E-state index in [2.05, 4.69) is 15.0 Å². The Morgan fingerprint density at radius 3 is 2.70 bits per heavy atom. The summed E-state index contributed by atoms with van der Waals surface area (Å²) < 4.78 is 23.5. The van der Waals surface area contributed by atoms with E-state index in [1.165, 1.54) is 11.3 Å². The van der Waals surface area contributed by atoms with E-state index in [0.29, 0.717) is 46.9 Å². The van der Waals surface area contributed by atoms with E-state index in [9.17, 15) is 13.2 Å². The molecule has 0 bridgehead atoms. The number of halogens is 2. The van der Waals surface area contributed by atoms with Gasteiger partial charge in [0.15, 0.2) is 4.47 Å². The molecule has 2 aromatic heterocycles. The highest BCUT2D eigenvalue weighted by Gasteiger charge is 2.24. The molecule has 3 heterocycles. The second kappa shape index (κ2) is 6.14. The number of nitrogens with zero attached hydrogens (tertiary/aromatic N) is 3. The Hall–Kier alpha value is -1.00. The molecule has 0 aromatic carbocycles. The predicted octanol–water partition coefficient (Wildman–Crippen LogP) is 1.49. The Morgan fingerprint density at radius 1 is 1.35 bits per heavy atom. The lowest BCUT2D eigenvalue weighted by molar-refractivity contribution is 0.243. The van der Waals surface area contributed by atoms with Crippen molar-refractivity contribution in [2.24, 2.45) is 0 Å². The molecule has 0 radical (unpaired) electrons. The van der Waals surface area contributed by atoms with Gasteiger partial charge in [-0.3, -0.25) is 14.7 Å². The minimum Gasteiger partial charge on any atom is -0.297 e. The van der Waals surface area contributed by atoms with Gasteiger partial charge in [-0.05, 0) is 0 Å². The van der Waals surface area contributed by atoms with Crippen LogP contribution >= 0.6 is 34.5 Å². The van der Waals surface area contributed by atoms with Gasteiger partial charge in [0.1, 0.15) is 5.15 Å². The number of aromatic nitrogens is 3. The number of sulfone groups is 1. The van der Waals surface area contributed by atoms with Gasteiger partial charge in [-0.25, -0.2) is 18.4 Å². The van der Waals surface area contributed by atoms with Gasteiger partial charge < -0.3 is 0 Å². The Labute approximate surface area is 146 Å². The summed E-state index contributed by atoms with van der Waals surface area (Å²) in [4.78, 5) is 25.4. The van der Waals surface area contributed by atoms with E-state index in [-0.39, 0.29) is 5.16 Å². The van der Waals surface area contributed by atoms with Crippen LogP contribution in [0.5, 0.6) is 0 Å². The lowest BCUT2D eigenvalue weighted by Crippen LogP contribution is -2.36. The molecule has 1 aliphatic rings. The molecule has 0 saturated heterocycles. The lowest BCUT2D eigenvalue weighted by Gasteiger charge is -2.27. The molecule has 0 spiro atoms. The molecular weight excluding hydrogens is 383 g/mol. The first-order chi connectivity index (χ1) is 10.7. The number of hydrogen-bond acceptors (Lipinski definition) is 7. The third-order valence-corrected chi connectivity index (χ3v) is 5.93. The van der Waals surface area contributed by atoms with Gasteiger partial charge in [-0.2, -0.15) is 0 Å². The minimum absolute atomic E-state index is 0.285. The van der Waals surface area contributed by atoms with Gasteiger partial charge in [-0.1, -0.05) is 23.2 Å². The fraction of sp³-hybridized carbons (Fsp3) is 0.417. The van der Waals surface area contributed by atoms with Gasteiger partial charge in [0.05, 0.1) is 16.1 Å². The molecule has 23 heavy (non-hydrogen) atoms. The number of rotatable bonds is 3. The van der Waals surface area contributed by atoms with E-state index in [1.54, 1.807) is 0 Å². The SMILES string of the molecule is CS(=O)(=O)c1nc2c(c(=O)[nH]1)CN(Cc1sc(Cl)nc1Cl)CC2. The molecule has 11 heteroatoms. The van der Waals surface area contributed by atoms with Gasteiger partial charge in [0, 0.05) is 32.3 Å². The largest absolute Gasteiger partial charge is 0.297 e. The highest BCUT2D eigenvalue weighted by atomic mass is 35.5. The Morgan fingerprint density at radius 2 is 2.09 bits per heavy atom. The molecule has 1 aliphatic heterocycles. The molecule has 0 saturated carbocycles. The maximum absolute atomic E-state index is 12.2. The zero-order valence-corrected chi connectivity index (χ0v) is 15.1. The lowest BCUT2D eigenvalue weighted by atomic mass is 10.1. The molecule has 1 N–H and O–H groups in total. The molecular formula is C12H12Cl2N4O3S2. The number of thiazole rings is 1. The molecule has 0 atom stereocenters. The smallest absolute Gasteiger partial charge is 0.256 e. The predicted molar refractivity (Wildman–Crippen MR) is 87.9 cm³/mol. The summed E-state index contributed by atoms with van der Waals surface area (Å²) in [6.07, 6.45) is 1.51. The Bertz CT molecular complexity index is 923. The van der Waals surface area contributed by atoms with Gasteiger partial charge >= 0.3 is 0 Å². The summed E-state index contributed by atoms with van der Waals surface area (Å²) >= 11 is 13.1. The van der Waals surface area contributed by atoms with Crippen molar-refractivity contribution >= 4 is 44.4 Å². The van der Waals surface area contributed by atoms with Crippen molar-refractivity contribution in [3.8, 4) is 0 Å². The van der Waals surface area contributed by atoms with Crippen molar-refractivity contribution < 1.29 is 8.42 Å². The van der Waals surface area contributed by atoms with E-state index < -0.39 is 15.4 Å². The number of fused-ring (bicyclic) bond motifs is 1. The Kier molecular flexibility index (Phi) is 4.49. The van der Waals surface area contributed by atoms with Crippen molar-refractivity contribution in [2.45, 2.75) is 24.7 Å². The molecule has 7 nitrogen and oxygen atoms in total. The number of aromatic amines is 1. The van der Waals surface area contributed by atoms with Crippen LogP contribution in [0.3, 0.4) is 0 Å². The van der Waals surface area contributed by atoms with Gasteiger partial charge in [0.25, 0.3) is 5.56 Å². The van der Waals surface area contributed by atoms with Gasteiger partial charge in [-0.15, -0.1) is 11.3 Å². The van der Waals surface area contributed by atoms with Crippen molar-refractivity contribution in [1.82, 2.24) is 19.9 Å². The maximum atomic E-state index is 12.2. The molecule has 2 aromatic rings. The molecule has 0 amide bonds. The van der Waals surface area contributed by atoms with Crippen LogP contribution in [0.25, 0.3) is 0 Å². The van der Waals surface area contributed by atoms with Crippen LogP contribution in [0.2, 0.25) is 9.62 Å². The average molecular weight is 395 g/mol. The highest BCUT2D eigenvalue weighted by Crippen LogP contribution is 2.29. The van der Waals surface area contributed by atoms with Crippen molar-refractivity contribution in [2.75, 3.05) is 12.8 Å². The Balaban J connectivity index is 1.87. The van der Waals surface area contributed by atoms with Gasteiger partial charge in [0.2, 0.25) is 15.0 Å². The number of nitrogens with one attached hydrogen (secondary N) is 1. The molecule has 0 fully saturated rings. The minimum atomic E-state index is -3.54. The summed E-state index contributed by atoms with van der Waals surface area (Å²) in [6, 6.07) is 0. The first-order valence-corrected chi connectivity index (χ1v) is 10.1. The first-order valence-electron chi connectivity index (χ1n) is 6.59. The fourth-order valence-corrected chi connectivity index (χ4v) is 4.36. The quantitative estimate of drug-likeness (QED) is 0.792. The van der Waals surface area contributed by atoms with E-state index in [1.807, 2.05) is 4.90 Å². The second-order valence-corrected chi connectivity index (χ2v) is 9.16. The standard InChI is InChI=1S/C12H12Cl2N4O3S2/c1-23(20,21)12-15-7-2-3-18(4-6(7)10(19)17-12)5-8-9(13)16-11(14)22-8/h2-5H2,1H3,(H,15,17,19). The average Bonchev–Trinajstić information content (AvgIpc) is 2.76. The van der Waals surface area contributed by atoms with E-state index in [0.717, 1.165) is 11.1 Å². The van der Waals surface area contributed by atoms with E-state index >= 15 is 0 Å². The summed E-state index contributed by atoms with van der Waals surface area (Å²) in [5, 5.41) is 0.0808. The molecule has 0 unspecified atom stereocenters. The first kappa shape index (κ1) is 16.8. The zero-order valence-electron chi connectivity index (χ0n) is 12.0. The van der Waals surface area contributed by atoms with Crippen LogP contribution in [0.4, 0.5) is 0 Å². The normalized spacial score (nSPS) is 15.6. The summed E-state index contributed by atoms with van der Waals surface area (Å²) in [5.74, 6) is 0. The van der Waals surface area contributed by atoms with Crippen LogP contribution in [0.15, 0.2) is 9.95 Å². The molecule has 3 rings (SSSR count). The monoisotopic (exact) mass is 394 g/mol. The van der Waals surface area contributed by atoms with Crippen molar-refractivity contribution in [1.29, 1.82) is 0 Å². The van der Waals surface area contributed by atoms with Crippen LogP contribution < -0.4 is 5.56 Å². The second-order valence-electron chi connectivity index (χ2n) is 5.21. The van der Waals surface area contributed by atoms with Crippen LogP contribution in [0, 0.1) is 0 Å². The van der Waals surface area contributed by atoms with Crippen LogP contribution in [-0.2, 0) is 29.3 Å². The third kappa shape index (κ3) is 3.58. The third-order valence-electron chi connectivity index (χ3n) is 3.47. The summed E-state index contributed by atoms with van der Waals surface area (Å²) in [7, 11) is -3.54. The summed E-state index contributed by atoms with van der Waals surface area (Å²) in [6.45, 7) is 1.53. The van der Waals surface area contributed by atoms with Crippen molar-refractivity contribution in [3.05, 3.63) is 36.1 Å². The summed E-state index contributed by atoms with van der Waals surface area (Å²) in [5.41, 5.74) is 0.586. The molecule has 124 valence electrons. The zero-order chi connectivity index (χ0) is 16.8. The number of hydrogen-bond donors (Lipinski definition) is 1. The maximum Gasteiger partial charge on any atom is 0.256 e. The topological polar surface area (TPSA) is 96.0 Å². The van der Waals surface area contributed by atoms with Crippen LogP contribution in [-0.4, -0.2) is 41.1 Å². The molecule has 0 aliphatic carbocycles. The fourth-order valence-electron chi connectivity index (χ4n) is 2.38.